The molecular weight excluding hydrogens is 395 g/mol. The molecule has 0 amide bonds. The van der Waals surface area contributed by atoms with Crippen LogP contribution in [0.1, 0.15) is 6.42 Å². The summed E-state index contributed by atoms with van der Waals surface area (Å²) in [4.78, 5) is 11.7. The second-order valence-corrected chi connectivity index (χ2v) is 6.82. The van der Waals surface area contributed by atoms with E-state index >= 15 is 0 Å². The number of halogens is 2. The van der Waals surface area contributed by atoms with Gasteiger partial charge in [-0.2, -0.15) is 0 Å². The largest absolute Gasteiger partial charge is 0.481 e. The van der Waals surface area contributed by atoms with Crippen molar-refractivity contribution >= 4 is 30.8 Å². The van der Waals surface area contributed by atoms with Gasteiger partial charge in [-0.1, -0.05) is 39.5 Å². The lowest BCUT2D eigenvalue weighted by Gasteiger charge is -2.47. The zero-order valence-corrected chi connectivity index (χ0v) is 18.6. The molecule has 0 saturated carbocycles. The van der Waals surface area contributed by atoms with E-state index in [9.17, 15) is 9.90 Å². The Hall–Kier alpha value is -1.59. The van der Waals surface area contributed by atoms with E-state index in [1.807, 2.05) is 36.5 Å². The fraction of sp³-hybridized carbons (Fsp3) is 0.409. The number of nitrogens with zero attached hydrogens (tertiary/aromatic N) is 2. The van der Waals surface area contributed by atoms with Crippen LogP contribution >= 0.6 is 24.8 Å². The molecule has 0 aromatic carbocycles. The number of carbonyl (C=O) groups is 1. The lowest BCUT2D eigenvalue weighted by atomic mass is 10.0. The van der Waals surface area contributed by atoms with Gasteiger partial charge in [0.05, 0.1) is 39.3 Å². The lowest BCUT2D eigenvalue weighted by Crippen LogP contribution is -2.64. The number of hydrogen-bond acceptors (Lipinski definition) is 1. The predicted octanol–water partition coefficient (Wildman–Crippen LogP) is 4.42. The van der Waals surface area contributed by atoms with Crippen LogP contribution in [0.3, 0.4) is 0 Å². The molecule has 0 saturated heterocycles. The molecule has 0 aromatic heterocycles. The molecule has 4 nitrogen and oxygen atoms in total. The zero-order valence-electron chi connectivity index (χ0n) is 17.0. The maximum Gasteiger partial charge on any atom is 0.309 e. The van der Waals surface area contributed by atoms with Crippen LogP contribution in [0, 0.1) is 0 Å². The predicted molar refractivity (Wildman–Crippen MR) is 126 cm³/mol. The number of hydrogen-bond donors (Lipinski definition) is 1. The Bertz CT molecular complexity index is 480. The summed E-state index contributed by atoms with van der Waals surface area (Å²) in [5.74, 6) is -0.802. The van der Waals surface area contributed by atoms with Gasteiger partial charge in [0.25, 0.3) is 0 Å². The third-order valence-electron chi connectivity index (χ3n) is 4.81. The smallest absolute Gasteiger partial charge is 0.309 e. The molecule has 28 heavy (non-hydrogen) atoms. The van der Waals surface area contributed by atoms with Crippen LogP contribution in [0.25, 0.3) is 0 Å². The quantitative estimate of drug-likeness (QED) is 0.272. The van der Waals surface area contributed by atoms with Crippen LogP contribution < -0.4 is 0 Å². The highest BCUT2D eigenvalue weighted by atomic mass is 35.5. The maximum atomic E-state index is 11.7. The van der Waals surface area contributed by atoms with Crippen molar-refractivity contribution in [3.63, 3.8) is 0 Å². The highest BCUT2D eigenvalue weighted by Gasteiger charge is 2.41. The minimum absolute atomic E-state index is 0. The van der Waals surface area contributed by atoms with E-state index in [0.717, 1.165) is 19.6 Å². The van der Waals surface area contributed by atoms with E-state index in [0.29, 0.717) is 35.1 Å². The third-order valence-corrected chi connectivity index (χ3v) is 4.81. The summed E-state index contributed by atoms with van der Waals surface area (Å²) >= 11 is 0. The van der Waals surface area contributed by atoms with E-state index in [2.05, 4.69) is 39.5 Å². The van der Waals surface area contributed by atoms with Crippen LogP contribution in [-0.4, -0.2) is 71.9 Å². The molecule has 0 spiro atoms. The summed E-state index contributed by atoms with van der Waals surface area (Å²) in [6.07, 6.45) is 11.3. The van der Waals surface area contributed by atoms with Crippen molar-refractivity contribution in [1.82, 2.24) is 0 Å². The summed E-state index contributed by atoms with van der Waals surface area (Å²) in [7, 11) is 0. The van der Waals surface area contributed by atoms with Gasteiger partial charge in [0.1, 0.15) is 19.0 Å². The van der Waals surface area contributed by atoms with Gasteiger partial charge in [0.15, 0.2) is 0 Å². The minimum atomic E-state index is -0.802. The Morgan fingerprint density at radius 3 is 1.29 bits per heavy atom. The summed E-state index contributed by atoms with van der Waals surface area (Å²) in [5, 5.41) is 9.58. The van der Waals surface area contributed by atoms with Crippen LogP contribution in [0.5, 0.6) is 0 Å². The fourth-order valence-corrected chi connectivity index (χ4v) is 3.79. The van der Waals surface area contributed by atoms with E-state index in [4.69, 9.17) is 0 Å². The molecular formula is C22H38Cl2N2O2+2. The Labute approximate surface area is 183 Å². The Morgan fingerprint density at radius 1 is 0.714 bits per heavy atom. The third kappa shape index (κ3) is 9.56. The van der Waals surface area contributed by atoms with Crippen molar-refractivity contribution in [3.05, 3.63) is 75.9 Å². The maximum absolute atomic E-state index is 11.7. The first kappa shape index (κ1) is 31.1. The second-order valence-electron chi connectivity index (χ2n) is 6.82. The van der Waals surface area contributed by atoms with Crippen molar-refractivity contribution in [2.24, 2.45) is 0 Å². The molecule has 0 heterocycles. The van der Waals surface area contributed by atoms with Gasteiger partial charge >= 0.3 is 5.97 Å². The van der Waals surface area contributed by atoms with Crippen molar-refractivity contribution < 1.29 is 18.9 Å². The summed E-state index contributed by atoms with van der Waals surface area (Å²) < 4.78 is 1.20. The van der Waals surface area contributed by atoms with Gasteiger partial charge < -0.3 is 14.1 Å². The zero-order chi connectivity index (χ0) is 20.1. The van der Waals surface area contributed by atoms with Gasteiger partial charge in [0.2, 0.25) is 0 Å². The van der Waals surface area contributed by atoms with Gasteiger partial charge in [-0.3, -0.25) is 4.79 Å². The second kappa shape index (κ2) is 16.4. The molecule has 160 valence electrons. The molecule has 1 atom stereocenters. The number of aliphatic carboxylic acids is 1. The number of quaternary nitrogens is 2. The highest BCUT2D eigenvalue weighted by molar-refractivity contribution is 5.85. The first-order chi connectivity index (χ1) is 12.4. The van der Waals surface area contributed by atoms with Crippen molar-refractivity contribution in [1.29, 1.82) is 0 Å². The van der Waals surface area contributed by atoms with Crippen LogP contribution in [-0.2, 0) is 4.79 Å². The van der Waals surface area contributed by atoms with Crippen molar-refractivity contribution in [3.8, 4) is 0 Å². The summed E-state index contributed by atoms with van der Waals surface area (Å²) in [6, 6.07) is -0.124. The lowest BCUT2D eigenvalue weighted by molar-refractivity contribution is -0.984. The molecule has 0 radical (unpaired) electrons. The summed E-state index contributed by atoms with van der Waals surface area (Å²) in [5.41, 5.74) is 0. The fourth-order valence-electron chi connectivity index (χ4n) is 3.79. The molecule has 0 aliphatic rings. The number of carboxylic acid groups (broad SMARTS) is 1. The number of rotatable bonds is 17. The normalized spacial score (nSPS) is 11.7. The molecule has 0 aliphatic carbocycles. The van der Waals surface area contributed by atoms with E-state index in [-0.39, 0.29) is 37.3 Å². The minimum Gasteiger partial charge on any atom is -0.481 e. The Balaban J connectivity index is -0.00000312. The standard InChI is InChI=1S/C22H35N2O2.2ClH/c1-7-13-23(14-8-2,15-9-3)20-21(19-22(25)26)24(16-10-4,17-11-5)18-12-6;;/h7-12,21H,1-6,13-20H2;2*1H/q+1;;/p+1. The monoisotopic (exact) mass is 432 g/mol. The topological polar surface area (TPSA) is 37.3 Å². The first-order valence-corrected chi connectivity index (χ1v) is 8.97. The molecule has 0 aliphatic heterocycles. The Kier molecular flexibility index (Phi) is 18.2. The average molecular weight is 433 g/mol. The molecule has 1 N–H and O–H groups in total. The highest BCUT2D eigenvalue weighted by Crippen LogP contribution is 2.23. The van der Waals surface area contributed by atoms with Crippen LogP contribution in [0.2, 0.25) is 0 Å². The Morgan fingerprint density at radius 2 is 1.04 bits per heavy atom. The van der Waals surface area contributed by atoms with E-state index in [1.165, 1.54) is 0 Å². The molecule has 0 bridgehead atoms. The van der Waals surface area contributed by atoms with Gasteiger partial charge in [0, 0.05) is 0 Å². The van der Waals surface area contributed by atoms with Crippen LogP contribution in [0.15, 0.2) is 75.9 Å². The molecule has 0 rings (SSSR count). The van der Waals surface area contributed by atoms with Gasteiger partial charge in [-0.15, -0.1) is 24.8 Å². The van der Waals surface area contributed by atoms with Crippen molar-refractivity contribution in [2.45, 2.75) is 12.5 Å². The first-order valence-electron chi connectivity index (χ1n) is 8.97. The molecule has 0 aromatic rings. The molecule has 6 heteroatoms. The average Bonchev–Trinajstić information content (AvgIpc) is 2.55. The van der Waals surface area contributed by atoms with E-state index in [1.54, 1.807) is 0 Å². The van der Waals surface area contributed by atoms with Crippen LogP contribution in [0.4, 0.5) is 0 Å². The SMILES string of the molecule is C=CC[N+](CC=C)(CC=C)CC(CC(=O)O)[N+](CC=C)(CC=C)CC=C.Cl.Cl. The van der Waals surface area contributed by atoms with Crippen molar-refractivity contribution in [2.75, 3.05) is 45.8 Å². The molecule has 1 unspecified atom stereocenters. The van der Waals surface area contributed by atoms with Gasteiger partial charge in [-0.25, -0.2) is 0 Å². The summed E-state index contributed by atoms with van der Waals surface area (Å²) in [6.45, 7) is 28.2. The van der Waals surface area contributed by atoms with E-state index < -0.39 is 5.97 Å². The number of carboxylic acids is 1. The molecule has 0 fully saturated rings. The van der Waals surface area contributed by atoms with Gasteiger partial charge in [-0.05, 0) is 36.5 Å².